The summed E-state index contributed by atoms with van der Waals surface area (Å²) in [7, 11) is 1.57. The number of nitro benzene ring substituents is 1. The summed E-state index contributed by atoms with van der Waals surface area (Å²) in [6.07, 6.45) is 0. The summed E-state index contributed by atoms with van der Waals surface area (Å²) in [5, 5.41) is 10.4. The lowest BCUT2D eigenvalue weighted by Crippen LogP contribution is -1.94. The van der Waals surface area contributed by atoms with Crippen molar-refractivity contribution in [1.82, 2.24) is 0 Å². The van der Waals surface area contributed by atoms with Crippen LogP contribution >= 0.6 is 0 Å². The van der Waals surface area contributed by atoms with E-state index in [0.29, 0.717) is 6.61 Å². The predicted molar refractivity (Wildman–Crippen MR) is 48.5 cm³/mol. The van der Waals surface area contributed by atoms with Gasteiger partial charge in [0.15, 0.2) is 0 Å². The lowest BCUT2D eigenvalue weighted by atomic mass is 10.1. The summed E-state index contributed by atoms with van der Waals surface area (Å²) in [4.78, 5) is 10.0. The summed E-state index contributed by atoms with van der Waals surface area (Å²) in [5.74, 6) is 0. The van der Waals surface area contributed by atoms with Gasteiger partial charge in [0.2, 0.25) is 0 Å². The van der Waals surface area contributed by atoms with Crippen LogP contribution in [0.2, 0.25) is 0 Å². The molecule has 0 aliphatic rings. The standard InChI is InChI=1S/C9H11NO3/c1-7-3-4-9(10(11)12)5-8(7)6-13-2/h3-5H,6H2,1-2H3. The molecule has 0 radical (unpaired) electrons. The fourth-order valence-corrected chi connectivity index (χ4v) is 1.08. The fourth-order valence-electron chi connectivity index (χ4n) is 1.08. The molecule has 4 heteroatoms. The van der Waals surface area contributed by atoms with Crippen LogP contribution in [-0.2, 0) is 11.3 Å². The van der Waals surface area contributed by atoms with E-state index in [4.69, 9.17) is 4.74 Å². The smallest absolute Gasteiger partial charge is 0.269 e. The van der Waals surface area contributed by atoms with Gasteiger partial charge in [-0.3, -0.25) is 10.1 Å². The minimum absolute atomic E-state index is 0.109. The van der Waals surface area contributed by atoms with Crippen molar-refractivity contribution in [2.24, 2.45) is 0 Å². The number of hydrogen-bond donors (Lipinski definition) is 0. The van der Waals surface area contributed by atoms with Gasteiger partial charge < -0.3 is 4.74 Å². The molecule has 0 bridgehead atoms. The number of nitrogens with zero attached hydrogens (tertiary/aromatic N) is 1. The third kappa shape index (κ3) is 2.26. The minimum Gasteiger partial charge on any atom is -0.380 e. The summed E-state index contributed by atoms with van der Waals surface area (Å²) >= 11 is 0. The Morgan fingerprint density at radius 2 is 2.23 bits per heavy atom. The maximum atomic E-state index is 10.4. The Morgan fingerprint density at radius 1 is 1.54 bits per heavy atom. The summed E-state index contributed by atoms with van der Waals surface area (Å²) < 4.78 is 4.92. The monoisotopic (exact) mass is 181 g/mol. The molecule has 0 saturated carbocycles. The van der Waals surface area contributed by atoms with Crippen molar-refractivity contribution in [3.8, 4) is 0 Å². The Kier molecular flexibility index (Phi) is 2.97. The molecule has 0 aliphatic heterocycles. The molecule has 0 unspecified atom stereocenters. The minimum atomic E-state index is -0.404. The van der Waals surface area contributed by atoms with E-state index in [2.05, 4.69) is 0 Å². The van der Waals surface area contributed by atoms with Crippen molar-refractivity contribution >= 4 is 5.69 Å². The molecule has 4 nitrogen and oxygen atoms in total. The molecule has 0 saturated heterocycles. The number of nitro groups is 1. The average Bonchev–Trinajstić information content (AvgIpc) is 2.08. The van der Waals surface area contributed by atoms with E-state index >= 15 is 0 Å². The van der Waals surface area contributed by atoms with Crippen LogP contribution < -0.4 is 0 Å². The first-order chi connectivity index (χ1) is 6.15. The zero-order chi connectivity index (χ0) is 9.84. The Hall–Kier alpha value is -1.42. The lowest BCUT2D eigenvalue weighted by molar-refractivity contribution is -0.385. The number of aryl methyl sites for hydroxylation is 1. The van der Waals surface area contributed by atoms with Crippen molar-refractivity contribution < 1.29 is 9.66 Å². The molecule has 0 fully saturated rings. The van der Waals surface area contributed by atoms with Gasteiger partial charge in [-0.15, -0.1) is 0 Å². The largest absolute Gasteiger partial charge is 0.380 e. The molecule has 0 spiro atoms. The average molecular weight is 181 g/mol. The molecule has 0 N–H and O–H groups in total. The first-order valence-corrected chi connectivity index (χ1v) is 3.88. The topological polar surface area (TPSA) is 52.4 Å². The van der Waals surface area contributed by atoms with Gasteiger partial charge in [0.05, 0.1) is 11.5 Å². The van der Waals surface area contributed by atoms with Crippen LogP contribution in [0.25, 0.3) is 0 Å². The van der Waals surface area contributed by atoms with Crippen LogP contribution in [0.4, 0.5) is 5.69 Å². The molecule has 13 heavy (non-hydrogen) atoms. The van der Waals surface area contributed by atoms with E-state index in [1.54, 1.807) is 19.2 Å². The highest BCUT2D eigenvalue weighted by molar-refractivity contribution is 5.38. The van der Waals surface area contributed by atoms with Gasteiger partial charge in [0.1, 0.15) is 0 Å². The number of non-ortho nitro benzene ring substituents is 1. The molecule has 0 amide bonds. The van der Waals surface area contributed by atoms with Crippen molar-refractivity contribution in [2.45, 2.75) is 13.5 Å². The van der Waals surface area contributed by atoms with Crippen LogP contribution in [0.1, 0.15) is 11.1 Å². The molecule has 1 rings (SSSR count). The summed E-state index contributed by atoms with van der Waals surface area (Å²) in [6.45, 7) is 2.31. The molecule has 0 aromatic heterocycles. The van der Waals surface area contributed by atoms with E-state index in [-0.39, 0.29) is 5.69 Å². The van der Waals surface area contributed by atoms with Crippen molar-refractivity contribution in [2.75, 3.05) is 7.11 Å². The second kappa shape index (κ2) is 4.00. The number of hydrogen-bond acceptors (Lipinski definition) is 3. The number of benzene rings is 1. The summed E-state index contributed by atoms with van der Waals surface area (Å²) in [5.41, 5.74) is 1.97. The molecule has 0 atom stereocenters. The highest BCUT2D eigenvalue weighted by atomic mass is 16.6. The lowest BCUT2D eigenvalue weighted by Gasteiger charge is -2.03. The second-order valence-corrected chi connectivity index (χ2v) is 2.80. The highest BCUT2D eigenvalue weighted by Crippen LogP contribution is 2.17. The van der Waals surface area contributed by atoms with E-state index in [9.17, 15) is 10.1 Å². The third-order valence-electron chi connectivity index (χ3n) is 1.84. The van der Waals surface area contributed by atoms with Gasteiger partial charge in [0.25, 0.3) is 5.69 Å². The van der Waals surface area contributed by atoms with Gasteiger partial charge in [-0.1, -0.05) is 6.07 Å². The normalized spacial score (nSPS) is 10.0. The molecule has 70 valence electrons. The van der Waals surface area contributed by atoms with Crippen LogP contribution in [0.3, 0.4) is 0 Å². The van der Waals surface area contributed by atoms with Gasteiger partial charge in [0, 0.05) is 19.2 Å². The predicted octanol–water partition coefficient (Wildman–Crippen LogP) is 2.05. The van der Waals surface area contributed by atoms with Crippen molar-refractivity contribution in [3.05, 3.63) is 39.4 Å². The number of rotatable bonds is 3. The SMILES string of the molecule is COCc1cc([N+](=O)[O-])ccc1C. The molecule has 1 aromatic rings. The first-order valence-electron chi connectivity index (χ1n) is 3.88. The Balaban J connectivity index is 3.03. The molecule has 0 aliphatic carbocycles. The second-order valence-electron chi connectivity index (χ2n) is 2.80. The van der Waals surface area contributed by atoms with Gasteiger partial charge in [-0.2, -0.15) is 0 Å². The molecule has 0 heterocycles. The van der Waals surface area contributed by atoms with Crippen LogP contribution in [-0.4, -0.2) is 12.0 Å². The first kappa shape index (κ1) is 9.67. The Labute approximate surface area is 76.3 Å². The molecular weight excluding hydrogens is 170 g/mol. The van der Waals surface area contributed by atoms with Crippen molar-refractivity contribution in [3.63, 3.8) is 0 Å². The summed E-state index contributed by atoms with van der Waals surface area (Å²) in [6, 6.07) is 4.76. The number of ether oxygens (including phenoxy) is 1. The van der Waals surface area contributed by atoms with Crippen LogP contribution in [0, 0.1) is 17.0 Å². The van der Waals surface area contributed by atoms with E-state index in [1.807, 2.05) is 6.92 Å². The molecular formula is C9H11NO3. The van der Waals surface area contributed by atoms with Gasteiger partial charge in [-0.05, 0) is 18.1 Å². The fraction of sp³-hybridized carbons (Fsp3) is 0.333. The zero-order valence-corrected chi connectivity index (χ0v) is 7.61. The number of methoxy groups -OCH3 is 1. The van der Waals surface area contributed by atoms with E-state index < -0.39 is 4.92 Å². The van der Waals surface area contributed by atoms with Gasteiger partial charge >= 0.3 is 0 Å². The van der Waals surface area contributed by atoms with Crippen LogP contribution in [0.5, 0.6) is 0 Å². The maximum Gasteiger partial charge on any atom is 0.269 e. The van der Waals surface area contributed by atoms with Gasteiger partial charge in [-0.25, -0.2) is 0 Å². The zero-order valence-electron chi connectivity index (χ0n) is 7.61. The maximum absolute atomic E-state index is 10.4. The highest BCUT2D eigenvalue weighted by Gasteiger charge is 2.07. The third-order valence-corrected chi connectivity index (χ3v) is 1.84. The van der Waals surface area contributed by atoms with Crippen molar-refractivity contribution in [1.29, 1.82) is 0 Å². The van der Waals surface area contributed by atoms with E-state index in [1.165, 1.54) is 6.07 Å². The van der Waals surface area contributed by atoms with Crippen LogP contribution in [0.15, 0.2) is 18.2 Å². The van der Waals surface area contributed by atoms with E-state index in [0.717, 1.165) is 11.1 Å². The Bertz CT molecular complexity index is 323. The Morgan fingerprint density at radius 3 is 2.77 bits per heavy atom. The molecule has 1 aromatic carbocycles. The quantitative estimate of drug-likeness (QED) is 0.529.